The van der Waals surface area contributed by atoms with E-state index in [1.807, 2.05) is 6.08 Å². The van der Waals surface area contributed by atoms with Crippen LogP contribution in [0.5, 0.6) is 0 Å². The number of aliphatic hydroxyl groups is 5. The van der Waals surface area contributed by atoms with Crippen molar-refractivity contribution in [2.45, 2.75) is 185 Å². The van der Waals surface area contributed by atoms with Crippen molar-refractivity contribution in [2.75, 3.05) is 13.2 Å². The third kappa shape index (κ3) is 19.8. The van der Waals surface area contributed by atoms with Gasteiger partial charge in [0.05, 0.1) is 25.4 Å². The van der Waals surface area contributed by atoms with Gasteiger partial charge in [-0.1, -0.05) is 128 Å². The zero-order chi connectivity index (χ0) is 33.1. The summed E-state index contributed by atoms with van der Waals surface area (Å²) in [7, 11) is 0. The van der Waals surface area contributed by atoms with Crippen molar-refractivity contribution in [3.05, 3.63) is 24.3 Å². The van der Waals surface area contributed by atoms with Crippen molar-refractivity contribution >= 4 is 5.91 Å². The highest BCUT2D eigenvalue weighted by molar-refractivity contribution is 5.76. The molecule has 1 rings (SSSR count). The Bertz CT molecular complexity index is 761. The summed E-state index contributed by atoms with van der Waals surface area (Å²) >= 11 is 0. The average Bonchev–Trinajstić information content (AvgIpc) is 3.04. The van der Waals surface area contributed by atoms with Gasteiger partial charge in [0.1, 0.15) is 24.4 Å². The van der Waals surface area contributed by atoms with E-state index in [1.165, 1.54) is 83.5 Å². The highest BCUT2D eigenvalue weighted by Crippen LogP contribution is 2.22. The van der Waals surface area contributed by atoms with Gasteiger partial charge in [0.2, 0.25) is 5.91 Å². The Kier molecular flexibility index (Phi) is 25.7. The van der Waals surface area contributed by atoms with Crippen LogP contribution in [0.25, 0.3) is 0 Å². The molecule has 0 spiro atoms. The Hall–Kier alpha value is -1.33. The highest BCUT2D eigenvalue weighted by atomic mass is 16.7. The maximum Gasteiger partial charge on any atom is 0.220 e. The second kappa shape index (κ2) is 27.8. The molecule has 1 fully saturated rings. The molecule has 1 aliphatic rings. The summed E-state index contributed by atoms with van der Waals surface area (Å²) in [5, 5.41) is 53.7. The number of hydrogen-bond acceptors (Lipinski definition) is 8. The number of ether oxygens (including phenoxy) is 2. The number of carbonyl (C=O) groups is 1. The summed E-state index contributed by atoms with van der Waals surface area (Å²) in [6.45, 7) is 3.68. The van der Waals surface area contributed by atoms with Crippen LogP contribution in [-0.4, -0.2) is 87.5 Å². The van der Waals surface area contributed by atoms with Gasteiger partial charge in [-0.05, 0) is 32.1 Å². The van der Waals surface area contributed by atoms with Crippen LogP contribution >= 0.6 is 0 Å². The van der Waals surface area contributed by atoms with Gasteiger partial charge in [-0.25, -0.2) is 0 Å². The van der Waals surface area contributed by atoms with Crippen molar-refractivity contribution in [2.24, 2.45) is 0 Å². The van der Waals surface area contributed by atoms with E-state index in [9.17, 15) is 30.3 Å². The number of aliphatic hydroxyl groups excluding tert-OH is 5. The molecule has 0 aliphatic carbocycles. The highest BCUT2D eigenvalue weighted by Gasteiger charge is 2.44. The van der Waals surface area contributed by atoms with Gasteiger partial charge in [0.25, 0.3) is 0 Å². The molecule has 2 unspecified atom stereocenters. The molecule has 264 valence electrons. The molecule has 7 atom stereocenters. The van der Waals surface area contributed by atoms with Crippen molar-refractivity contribution in [3.63, 3.8) is 0 Å². The summed E-state index contributed by atoms with van der Waals surface area (Å²) in [6.07, 6.45) is 22.2. The third-order valence-corrected chi connectivity index (χ3v) is 8.53. The van der Waals surface area contributed by atoms with Gasteiger partial charge in [-0.15, -0.1) is 0 Å². The first-order valence-electron chi connectivity index (χ1n) is 18.1. The van der Waals surface area contributed by atoms with E-state index in [4.69, 9.17) is 9.47 Å². The predicted molar refractivity (Wildman–Crippen MR) is 180 cm³/mol. The molecular weight excluding hydrogens is 574 g/mol. The van der Waals surface area contributed by atoms with Crippen LogP contribution in [0.2, 0.25) is 0 Å². The van der Waals surface area contributed by atoms with Gasteiger partial charge in [0.15, 0.2) is 6.29 Å². The van der Waals surface area contributed by atoms with E-state index >= 15 is 0 Å². The Morgan fingerprint density at radius 1 is 0.733 bits per heavy atom. The fourth-order valence-corrected chi connectivity index (χ4v) is 5.52. The molecule has 1 amide bonds. The minimum Gasteiger partial charge on any atom is -0.394 e. The Morgan fingerprint density at radius 3 is 1.87 bits per heavy atom. The van der Waals surface area contributed by atoms with E-state index < -0.39 is 49.5 Å². The minimum absolute atomic E-state index is 0.192. The van der Waals surface area contributed by atoms with Gasteiger partial charge in [-0.3, -0.25) is 4.79 Å². The summed E-state index contributed by atoms with van der Waals surface area (Å²) in [6, 6.07) is -0.813. The fraction of sp³-hybridized carbons (Fsp3) is 0.861. The Morgan fingerprint density at radius 2 is 1.27 bits per heavy atom. The summed E-state index contributed by atoms with van der Waals surface area (Å²) < 4.78 is 11.1. The van der Waals surface area contributed by atoms with E-state index in [2.05, 4.69) is 31.3 Å². The number of carbonyl (C=O) groups excluding carboxylic acids is 1. The lowest BCUT2D eigenvalue weighted by Gasteiger charge is -2.40. The average molecular weight is 642 g/mol. The predicted octanol–water partition coefficient (Wildman–Crippen LogP) is 5.60. The molecule has 6 N–H and O–H groups in total. The molecule has 1 aliphatic heterocycles. The smallest absolute Gasteiger partial charge is 0.220 e. The molecule has 9 nitrogen and oxygen atoms in total. The zero-order valence-electron chi connectivity index (χ0n) is 28.4. The normalized spacial score (nSPS) is 23.6. The summed E-state index contributed by atoms with van der Waals surface area (Å²) in [4.78, 5) is 12.8. The Labute approximate surface area is 273 Å². The first kappa shape index (κ1) is 41.7. The number of amides is 1. The van der Waals surface area contributed by atoms with E-state index in [0.29, 0.717) is 6.42 Å². The molecule has 0 radical (unpaired) electrons. The van der Waals surface area contributed by atoms with Crippen LogP contribution in [0.15, 0.2) is 24.3 Å². The van der Waals surface area contributed by atoms with Crippen LogP contribution < -0.4 is 5.32 Å². The first-order valence-corrected chi connectivity index (χ1v) is 18.1. The monoisotopic (exact) mass is 641 g/mol. The topological polar surface area (TPSA) is 149 Å². The molecule has 0 saturated carbocycles. The molecular formula is C36H67NO8. The summed E-state index contributed by atoms with van der Waals surface area (Å²) in [5.74, 6) is -0.192. The van der Waals surface area contributed by atoms with Crippen molar-refractivity contribution in [3.8, 4) is 0 Å². The lowest BCUT2D eigenvalue weighted by molar-refractivity contribution is -0.302. The molecule has 0 aromatic carbocycles. The van der Waals surface area contributed by atoms with Crippen molar-refractivity contribution in [1.29, 1.82) is 0 Å². The number of allylic oxidation sites excluding steroid dienone is 3. The van der Waals surface area contributed by atoms with Gasteiger partial charge < -0.3 is 40.3 Å². The van der Waals surface area contributed by atoms with Gasteiger partial charge in [0, 0.05) is 6.42 Å². The van der Waals surface area contributed by atoms with Gasteiger partial charge >= 0.3 is 0 Å². The molecule has 0 aromatic heterocycles. The first-order chi connectivity index (χ1) is 21.8. The largest absolute Gasteiger partial charge is 0.394 e. The van der Waals surface area contributed by atoms with Crippen molar-refractivity contribution < 1.29 is 39.8 Å². The third-order valence-electron chi connectivity index (χ3n) is 8.53. The number of nitrogens with one attached hydrogen (secondary N) is 1. The van der Waals surface area contributed by atoms with Crippen LogP contribution in [0.1, 0.15) is 142 Å². The molecule has 45 heavy (non-hydrogen) atoms. The lowest BCUT2D eigenvalue weighted by atomic mass is 9.99. The van der Waals surface area contributed by atoms with E-state index in [-0.39, 0.29) is 12.5 Å². The van der Waals surface area contributed by atoms with Crippen LogP contribution in [-0.2, 0) is 14.3 Å². The second-order valence-corrected chi connectivity index (χ2v) is 12.7. The molecule has 0 bridgehead atoms. The van der Waals surface area contributed by atoms with Gasteiger partial charge in [-0.2, -0.15) is 0 Å². The molecule has 9 heteroatoms. The molecule has 1 saturated heterocycles. The quantitative estimate of drug-likeness (QED) is 0.0478. The number of rotatable bonds is 28. The number of hydrogen-bond donors (Lipinski definition) is 6. The Balaban J connectivity index is 2.53. The van der Waals surface area contributed by atoms with Crippen molar-refractivity contribution in [1.82, 2.24) is 5.32 Å². The van der Waals surface area contributed by atoms with Crippen LogP contribution in [0.4, 0.5) is 0 Å². The van der Waals surface area contributed by atoms with Crippen LogP contribution in [0, 0.1) is 0 Å². The fourth-order valence-electron chi connectivity index (χ4n) is 5.52. The second-order valence-electron chi connectivity index (χ2n) is 12.7. The van der Waals surface area contributed by atoms with E-state index in [1.54, 1.807) is 6.08 Å². The zero-order valence-corrected chi connectivity index (χ0v) is 28.4. The standard InChI is InChI=1S/C36H67NO8/c1-3-5-7-9-11-13-15-17-19-21-23-25-30(39)29(28-44-36-35(43)34(42)33(41)31(27-38)45-36)37-32(40)26-24-22-20-18-16-14-12-10-8-6-4-2/h15,17,23,25,29-31,33-36,38-39,41-43H,3-14,16,18-22,24,26-28H2,1-2H3,(H,37,40)/b17-15+,25-23+/t29-,30+,31+,33+,34?,35?,36+/m0/s1. The number of unbranched alkanes of at least 4 members (excludes halogenated alkanes) is 16. The summed E-state index contributed by atoms with van der Waals surface area (Å²) in [5.41, 5.74) is 0. The lowest BCUT2D eigenvalue weighted by Crippen LogP contribution is -2.60. The minimum atomic E-state index is -1.57. The molecule has 1 heterocycles. The maximum absolute atomic E-state index is 12.8. The molecule has 0 aromatic rings. The SMILES string of the molecule is CCCCCCC/C=C/CC/C=C/[C@@H](O)[C@H](CO[C@@H]1O[C@H](CO)[C@@H](O)C(O)C1O)NC(=O)CCCCCCCCCCCCC. The van der Waals surface area contributed by atoms with Crippen LogP contribution in [0.3, 0.4) is 0 Å². The van der Waals surface area contributed by atoms with E-state index in [0.717, 1.165) is 38.5 Å². The maximum atomic E-state index is 12.8.